The smallest absolute Gasteiger partial charge is 0.329 e. The number of ether oxygens (including phenoxy) is 2. The monoisotopic (exact) mass is 301 g/mol. The van der Waals surface area contributed by atoms with E-state index in [4.69, 9.17) is 20.3 Å². The van der Waals surface area contributed by atoms with Gasteiger partial charge in [0.25, 0.3) is 0 Å². The number of hydrogen-bond donors (Lipinski definition) is 2. The minimum atomic E-state index is -0.865. The summed E-state index contributed by atoms with van der Waals surface area (Å²) in [5.41, 5.74) is 5.32. The largest absolute Gasteiger partial charge is 0.480 e. The molecule has 5 nitrogen and oxygen atoms in total. The lowest BCUT2D eigenvalue weighted by Gasteiger charge is -2.21. The minimum absolute atomic E-state index is 0.134. The van der Waals surface area contributed by atoms with Crippen LogP contribution in [-0.2, 0) is 14.3 Å². The van der Waals surface area contributed by atoms with Gasteiger partial charge in [-0.25, -0.2) is 4.79 Å². The summed E-state index contributed by atoms with van der Waals surface area (Å²) in [5.74, 6) is -0.865. The van der Waals surface area contributed by atoms with E-state index in [-0.39, 0.29) is 12.7 Å². The first kappa shape index (κ1) is 18.4. The molecule has 5 heteroatoms. The summed E-state index contributed by atoms with van der Waals surface area (Å²) >= 11 is 0. The molecular weight excluding hydrogens is 270 g/mol. The van der Waals surface area contributed by atoms with Crippen molar-refractivity contribution in [3.05, 3.63) is 0 Å². The van der Waals surface area contributed by atoms with Crippen molar-refractivity contribution in [1.82, 2.24) is 0 Å². The molecule has 21 heavy (non-hydrogen) atoms. The average molecular weight is 301 g/mol. The molecule has 0 amide bonds. The van der Waals surface area contributed by atoms with Gasteiger partial charge in [0.2, 0.25) is 0 Å². The van der Waals surface area contributed by atoms with Crippen LogP contribution in [0.5, 0.6) is 0 Å². The van der Waals surface area contributed by atoms with Crippen molar-refractivity contribution in [3.8, 4) is 0 Å². The highest BCUT2D eigenvalue weighted by Gasteiger charge is 2.14. The van der Waals surface area contributed by atoms with E-state index in [1.807, 2.05) is 0 Å². The maximum Gasteiger partial charge on any atom is 0.329 e. The van der Waals surface area contributed by atoms with Gasteiger partial charge in [-0.05, 0) is 25.7 Å². The second-order valence-corrected chi connectivity index (χ2v) is 5.88. The van der Waals surface area contributed by atoms with Gasteiger partial charge in [-0.3, -0.25) is 0 Å². The van der Waals surface area contributed by atoms with E-state index in [0.29, 0.717) is 12.6 Å². The Morgan fingerprint density at radius 1 is 0.905 bits per heavy atom. The molecule has 0 aliphatic heterocycles. The zero-order valence-electron chi connectivity index (χ0n) is 13.1. The summed E-state index contributed by atoms with van der Waals surface area (Å²) < 4.78 is 10.7. The van der Waals surface area contributed by atoms with Crippen LogP contribution >= 0.6 is 0 Å². The van der Waals surface area contributed by atoms with Crippen molar-refractivity contribution in [2.75, 3.05) is 19.8 Å². The van der Waals surface area contributed by atoms with Crippen LogP contribution in [0, 0.1) is 0 Å². The lowest BCUT2D eigenvalue weighted by molar-refractivity contribution is -0.144. The lowest BCUT2D eigenvalue weighted by Crippen LogP contribution is -2.20. The number of hydrogen-bond acceptors (Lipinski definition) is 4. The molecule has 2 rings (SSSR count). The molecule has 0 atom stereocenters. The molecule has 0 aromatic heterocycles. The molecule has 0 bridgehead atoms. The first-order valence-electron chi connectivity index (χ1n) is 8.37. The van der Waals surface area contributed by atoms with E-state index in [9.17, 15) is 4.79 Å². The molecule has 0 spiro atoms. The normalized spacial score (nSPS) is 20.6. The van der Waals surface area contributed by atoms with Gasteiger partial charge < -0.3 is 20.3 Å². The third-order valence-corrected chi connectivity index (χ3v) is 4.02. The van der Waals surface area contributed by atoms with E-state index in [1.165, 1.54) is 51.4 Å². The molecule has 124 valence electrons. The molecule has 2 aliphatic rings. The van der Waals surface area contributed by atoms with Crippen LogP contribution in [0.4, 0.5) is 0 Å². The van der Waals surface area contributed by atoms with Crippen molar-refractivity contribution < 1.29 is 19.4 Å². The Balaban J connectivity index is 0.000000211. The van der Waals surface area contributed by atoms with E-state index >= 15 is 0 Å². The SMILES string of the molecule is NCCOC1CCCCC1.O=C(O)COC1CCCCC1. The van der Waals surface area contributed by atoms with Gasteiger partial charge in [0, 0.05) is 6.54 Å². The maximum atomic E-state index is 10.1. The van der Waals surface area contributed by atoms with Gasteiger partial charge >= 0.3 is 5.97 Å². The third kappa shape index (κ3) is 9.82. The zero-order chi connectivity index (χ0) is 15.3. The predicted octanol–water partition coefficient (Wildman–Crippen LogP) is 2.71. The number of carboxylic acids is 1. The Morgan fingerprint density at radius 2 is 1.38 bits per heavy atom. The topological polar surface area (TPSA) is 81.8 Å². The molecule has 0 unspecified atom stereocenters. The fraction of sp³-hybridized carbons (Fsp3) is 0.938. The maximum absolute atomic E-state index is 10.1. The highest BCUT2D eigenvalue weighted by Crippen LogP contribution is 2.20. The fourth-order valence-corrected chi connectivity index (χ4v) is 2.89. The Labute approximate surface area is 128 Å². The summed E-state index contributed by atoms with van der Waals surface area (Å²) in [6.07, 6.45) is 13.0. The molecule has 2 aliphatic carbocycles. The van der Waals surface area contributed by atoms with Crippen molar-refractivity contribution in [3.63, 3.8) is 0 Å². The first-order chi connectivity index (χ1) is 10.2. The second-order valence-electron chi connectivity index (χ2n) is 5.88. The van der Waals surface area contributed by atoms with Crippen LogP contribution in [0.1, 0.15) is 64.2 Å². The van der Waals surface area contributed by atoms with Crippen LogP contribution in [-0.4, -0.2) is 43.0 Å². The van der Waals surface area contributed by atoms with E-state index in [0.717, 1.165) is 19.4 Å². The average Bonchev–Trinajstić information content (AvgIpc) is 2.53. The number of aliphatic carboxylic acids is 1. The van der Waals surface area contributed by atoms with Crippen molar-refractivity contribution in [2.45, 2.75) is 76.4 Å². The zero-order valence-corrected chi connectivity index (χ0v) is 13.1. The second kappa shape index (κ2) is 12.0. The van der Waals surface area contributed by atoms with Crippen LogP contribution in [0.3, 0.4) is 0 Å². The summed E-state index contributed by atoms with van der Waals surface area (Å²) in [5, 5.41) is 8.32. The highest BCUT2D eigenvalue weighted by atomic mass is 16.5. The first-order valence-corrected chi connectivity index (χ1v) is 8.37. The minimum Gasteiger partial charge on any atom is -0.480 e. The standard InChI is InChI=1S/C8H17NO.C8H14O3/c9-6-7-10-8-4-2-1-3-5-8;9-8(10)6-11-7-4-2-1-3-5-7/h8H,1-7,9H2;7H,1-6H2,(H,9,10). The van der Waals surface area contributed by atoms with Crippen LogP contribution in [0.2, 0.25) is 0 Å². The van der Waals surface area contributed by atoms with Crippen LogP contribution < -0.4 is 5.73 Å². The Kier molecular flexibility index (Phi) is 10.5. The molecular formula is C16H31NO4. The molecule has 3 N–H and O–H groups in total. The van der Waals surface area contributed by atoms with Gasteiger partial charge in [0.15, 0.2) is 0 Å². The number of rotatable bonds is 6. The van der Waals surface area contributed by atoms with Gasteiger partial charge in [0.1, 0.15) is 6.61 Å². The van der Waals surface area contributed by atoms with Gasteiger partial charge in [-0.15, -0.1) is 0 Å². The van der Waals surface area contributed by atoms with E-state index in [2.05, 4.69) is 0 Å². The van der Waals surface area contributed by atoms with Gasteiger partial charge in [-0.1, -0.05) is 38.5 Å². The van der Waals surface area contributed by atoms with Gasteiger partial charge in [-0.2, -0.15) is 0 Å². The van der Waals surface area contributed by atoms with E-state index < -0.39 is 5.97 Å². The molecule has 0 heterocycles. The van der Waals surface area contributed by atoms with Crippen molar-refractivity contribution >= 4 is 5.97 Å². The molecule has 0 saturated heterocycles. The molecule has 0 aromatic carbocycles. The van der Waals surface area contributed by atoms with Crippen molar-refractivity contribution in [1.29, 1.82) is 0 Å². The third-order valence-electron chi connectivity index (χ3n) is 4.02. The quantitative estimate of drug-likeness (QED) is 0.788. The summed E-state index contributed by atoms with van der Waals surface area (Å²) in [4.78, 5) is 10.1. The van der Waals surface area contributed by atoms with Crippen LogP contribution in [0.25, 0.3) is 0 Å². The summed E-state index contributed by atoms with van der Waals surface area (Å²) in [6.45, 7) is 1.27. The Hall–Kier alpha value is -0.650. The summed E-state index contributed by atoms with van der Waals surface area (Å²) in [6, 6.07) is 0. The lowest BCUT2D eigenvalue weighted by atomic mass is 9.98. The van der Waals surface area contributed by atoms with Gasteiger partial charge in [0.05, 0.1) is 18.8 Å². The number of carboxylic acid groups (broad SMARTS) is 1. The fourth-order valence-electron chi connectivity index (χ4n) is 2.89. The van der Waals surface area contributed by atoms with E-state index in [1.54, 1.807) is 0 Å². The molecule has 2 saturated carbocycles. The Morgan fingerprint density at radius 3 is 1.81 bits per heavy atom. The highest BCUT2D eigenvalue weighted by molar-refractivity contribution is 5.68. The molecule has 0 radical (unpaired) electrons. The van der Waals surface area contributed by atoms with Crippen molar-refractivity contribution in [2.24, 2.45) is 5.73 Å². The molecule has 2 fully saturated rings. The van der Waals surface area contributed by atoms with Crippen LogP contribution in [0.15, 0.2) is 0 Å². The molecule has 0 aromatic rings. The number of carbonyl (C=O) groups is 1. The summed E-state index contributed by atoms with van der Waals surface area (Å²) in [7, 11) is 0. The Bertz CT molecular complexity index is 261. The predicted molar refractivity (Wildman–Crippen MR) is 82.3 cm³/mol. The number of nitrogens with two attached hydrogens (primary N) is 1.